The van der Waals surface area contributed by atoms with Gasteiger partial charge in [0, 0.05) is 37.3 Å². The SMILES string of the molecule is C[C@](O)(c1ccc2cnc(Nc3cc(N4CCOCC4)c(C#N)cc3F)cc2n1)C1CCN(CCO)CC1. The van der Waals surface area contributed by atoms with Gasteiger partial charge in [-0.1, -0.05) is 0 Å². The summed E-state index contributed by atoms with van der Waals surface area (Å²) in [6, 6.07) is 10.4. The number of aliphatic hydroxyl groups is 2. The van der Waals surface area contributed by atoms with Crippen molar-refractivity contribution in [3.05, 3.63) is 53.6 Å². The predicted octanol–water partition coefficient (Wildman–Crippen LogP) is 3.13. The summed E-state index contributed by atoms with van der Waals surface area (Å²) in [6.07, 6.45) is 3.31. The lowest BCUT2D eigenvalue weighted by molar-refractivity contribution is -0.0372. The molecule has 4 heterocycles. The number of halogens is 1. The number of benzene rings is 1. The Kier molecular flexibility index (Phi) is 7.72. The van der Waals surface area contributed by atoms with E-state index < -0.39 is 11.4 Å². The average Bonchev–Trinajstić information content (AvgIpc) is 2.94. The van der Waals surface area contributed by atoms with Gasteiger partial charge in [0.2, 0.25) is 0 Å². The molecule has 38 heavy (non-hydrogen) atoms. The van der Waals surface area contributed by atoms with Crippen LogP contribution in [0.3, 0.4) is 0 Å². The number of aromatic nitrogens is 2. The van der Waals surface area contributed by atoms with Gasteiger partial charge >= 0.3 is 0 Å². The van der Waals surface area contributed by atoms with Crippen molar-refractivity contribution in [3.63, 3.8) is 0 Å². The maximum Gasteiger partial charge on any atom is 0.148 e. The summed E-state index contributed by atoms with van der Waals surface area (Å²) in [5.74, 6) is -0.0820. The number of β-amino-alcohol motifs (C(OH)–C–C–N with tert-alkyl or cyclic N) is 1. The van der Waals surface area contributed by atoms with Crippen molar-refractivity contribution < 1.29 is 19.3 Å². The van der Waals surface area contributed by atoms with Crippen LogP contribution in [0.25, 0.3) is 10.9 Å². The molecule has 0 unspecified atom stereocenters. The number of rotatable bonds is 7. The summed E-state index contributed by atoms with van der Waals surface area (Å²) in [7, 11) is 0. The second-order valence-corrected chi connectivity index (χ2v) is 10.1. The van der Waals surface area contributed by atoms with Crippen molar-refractivity contribution in [1.82, 2.24) is 14.9 Å². The minimum absolute atomic E-state index is 0.0492. The van der Waals surface area contributed by atoms with Gasteiger partial charge in [0.15, 0.2) is 0 Å². The van der Waals surface area contributed by atoms with E-state index in [2.05, 4.69) is 21.3 Å². The first kappa shape index (κ1) is 26.3. The number of morpholine rings is 1. The molecular weight excluding hydrogens is 487 g/mol. The third kappa shape index (κ3) is 5.42. The lowest BCUT2D eigenvalue weighted by Crippen LogP contribution is -2.43. The molecule has 2 aliphatic heterocycles. The quantitative estimate of drug-likeness (QED) is 0.432. The fraction of sp³-hybridized carbons (Fsp3) is 0.464. The molecule has 0 radical (unpaired) electrons. The van der Waals surface area contributed by atoms with Gasteiger partial charge in [-0.25, -0.2) is 14.4 Å². The molecular formula is C28H33FN6O3. The Hall–Kier alpha value is -3.36. The van der Waals surface area contributed by atoms with Gasteiger partial charge in [-0.15, -0.1) is 0 Å². The lowest BCUT2D eigenvalue weighted by atomic mass is 9.79. The highest BCUT2D eigenvalue weighted by molar-refractivity contribution is 5.81. The number of anilines is 3. The summed E-state index contributed by atoms with van der Waals surface area (Å²) >= 11 is 0. The molecule has 0 saturated carbocycles. The average molecular weight is 521 g/mol. The molecule has 2 aromatic heterocycles. The van der Waals surface area contributed by atoms with Crippen molar-refractivity contribution >= 4 is 28.1 Å². The largest absolute Gasteiger partial charge is 0.395 e. The number of pyridine rings is 2. The number of nitrogens with one attached hydrogen (secondary N) is 1. The van der Waals surface area contributed by atoms with Gasteiger partial charge in [0.05, 0.1) is 48.0 Å². The van der Waals surface area contributed by atoms with E-state index in [9.17, 15) is 19.9 Å². The number of ether oxygens (including phenoxy) is 1. The maximum absolute atomic E-state index is 14.9. The number of hydrogen-bond acceptors (Lipinski definition) is 9. The summed E-state index contributed by atoms with van der Waals surface area (Å²) in [5.41, 5.74) is 1.26. The first-order valence-corrected chi connectivity index (χ1v) is 13.1. The molecule has 9 nitrogen and oxygen atoms in total. The fourth-order valence-corrected chi connectivity index (χ4v) is 5.39. The number of piperidine rings is 1. The van der Waals surface area contributed by atoms with Crippen LogP contribution >= 0.6 is 0 Å². The monoisotopic (exact) mass is 520 g/mol. The molecule has 0 amide bonds. The van der Waals surface area contributed by atoms with Crippen molar-refractivity contribution in [1.29, 1.82) is 5.26 Å². The minimum Gasteiger partial charge on any atom is -0.395 e. The Labute approximate surface area is 221 Å². The molecule has 0 aliphatic carbocycles. The topological polar surface area (TPSA) is 118 Å². The Balaban J connectivity index is 1.39. The Morgan fingerprint density at radius 2 is 1.95 bits per heavy atom. The van der Waals surface area contributed by atoms with Crippen LogP contribution in [-0.2, 0) is 10.3 Å². The van der Waals surface area contributed by atoms with Crippen molar-refractivity contribution in [2.45, 2.75) is 25.4 Å². The molecule has 2 fully saturated rings. The van der Waals surface area contributed by atoms with E-state index in [0.29, 0.717) is 55.6 Å². The van der Waals surface area contributed by atoms with Crippen molar-refractivity contribution in [2.24, 2.45) is 5.92 Å². The molecule has 0 spiro atoms. The molecule has 10 heteroatoms. The zero-order valence-corrected chi connectivity index (χ0v) is 21.5. The summed E-state index contributed by atoms with van der Waals surface area (Å²) in [5, 5.41) is 34.1. The van der Waals surface area contributed by atoms with Crippen LogP contribution in [0.4, 0.5) is 21.6 Å². The maximum atomic E-state index is 14.9. The van der Waals surface area contributed by atoms with Crippen LogP contribution in [0.2, 0.25) is 0 Å². The smallest absolute Gasteiger partial charge is 0.148 e. The van der Waals surface area contributed by atoms with Gasteiger partial charge < -0.3 is 30.1 Å². The normalized spacial score (nSPS) is 18.8. The number of nitriles is 1. The molecule has 1 aromatic carbocycles. The highest BCUT2D eigenvalue weighted by Gasteiger charge is 2.37. The Morgan fingerprint density at radius 1 is 1.18 bits per heavy atom. The zero-order valence-electron chi connectivity index (χ0n) is 21.5. The van der Waals surface area contributed by atoms with Crippen molar-refractivity contribution in [2.75, 3.05) is 62.8 Å². The van der Waals surface area contributed by atoms with Crippen LogP contribution in [-0.4, -0.2) is 77.6 Å². The second kappa shape index (κ2) is 11.2. The third-order valence-corrected chi connectivity index (χ3v) is 7.71. The summed E-state index contributed by atoms with van der Waals surface area (Å²) in [6.45, 7) is 6.62. The number of nitrogens with zero attached hydrogens (tertiary/aromatic N) is 5. The van der Waals surface area contributed by atoms with E-state index in [1.54, 1.807) is 18.3 Å². The van der Waals surface area contributed by atoms with Crippen LogP contribution in [0.5, 0.6) is 0 Å². The highest BCUT2D eigenvalue weighted by Crippen LogP contribution is 2.36. The number of likely N-dealkylation sites (tertiary alicyclic amines) is 1. The van der Waals surface area contributed by atoms with Gasteiger partial charge in [0.25, 0.3) is 0 Å². The van der Waals surface area contributed by atoms with E-state index in [4.69, 9.17) is 9.72 Å². The third-order valence-electron chi connectivity index (χ3n) is 7.71. The Bertz CT molecular complexity index is 1330. The molecule has 1 atom stereocenters. The Morgan fingerprint density at radius 3 is 2.66 bits per heavy atom. The number of fused-ring (bicyclic) bond motifs is 1. The standard InChI is InChI=1S/C28H33FN6O3/c1-28(37,21-4-6-34(7-5-21)8-11-36)26-3-2-19-18-31-27(16-23(19)32-26)33-24-15-25(20(17-30)14-22(24)29)35-9-12-38-13-10-35/h2-3,14-16,18,21,36-37H,4-13H2,1H3,(H,31,33)/t28-/m1/s1. The second-order valence-electron chi connectivity index (χ2n) is 10.1. The zero-order chi connectivity index (χ0) is 26.7. The van der Waals surface area contributed by atoms with Gasteiger partial charge in [-0.05, 0) is 63.0 Å². The first-order chi connectivity index (χ1) is 18.4. The number of aliphatic hydroxyl groups excluding tert-OH is 1. The van der Waals surface area contributed by atoms with E-state index in [1.165, 1.54) is 6.07 Å². The molecule has 5 rings (SSSR count). The lowest BCUT2D eigenvalue weighted by Gasteiger charge is -2.39. The van der Waals surface area contributed by atoms with E-state index in [1.807, 2.05) is 24.0 Å². The molecule has 2 saturated heterocycles. The van der Waals surface area contributed by atoms with E-state index in [-0.39, 0.29) is 23.8 Å². The fourth-order valence-electron chi connectivity index (χ4n) is 5.39. The van der Waals surface area contributed by atoms with Crippen LogP contribution < -0.4 is 10.2 Å². The number of hydrogen-bond donors (Lipinski definition) is 3. The van der Waals surface area contributed by atoms with Gasteiger partial charge in [-0.3, -0.25) is 0 Å². The van der Waals surface area contributed by atoms with Crippen LogP contribution in [0.1, 0.15) is 31.0 Å². The molecule has 0 bridgehead atoms. The predicted molar refractivity (Wildman–Crippen MR) is 143 cm³/mol. The summed E-state index contributed by atoms with van der Waals surface area (Å²) in [4.78, 5) is 13.4. The van der Waals surface area contributed by atoms with Crippen molar-refractivity contribution in [3.8, 4) is 6.07 Å². The molecule has 3 aromatic rings. The van der Waals surface area contributed by atoms with E-state index in [0.717, 1.165) is 31.3 Å². The van der Waals surface area contributed by atoms with Crippen LogP contribution in [0, 0.1) is 23.1 Å². The van der Waals surface area contributed by atoms with E-state index >= 15 is 0 Å². The van der Waals surface area contributed by atoms with Crippen LogP contribution in [0.15, 0.2) is 36.5 Å². The first-order valence-electron chi connectivity index (χ1n) is 13.1. The summed E-state index contributed by atoms with van der Waals surface area (Å²) < 4.78 is 20.3. The molecule has 3 N–H and O–H groups in total. The molecule has 2 aliphatic rings. The van der Waals surface area contributed by atoms with Gasteiger partial charge in [-0.2, -0.15) is 5.26 Å². The minimum atomic E-state index is -1.11. The van der Waals surface area contributed by atoms with Gasteiger partial charge in [0.1, 0.15) is 23.3 Å². The highest BCUT2D eigenvalue weighted by atomic mass is 19.1. The molecule has 200 valence electrons.